The Morgan fingerprint density at radius 3 is 2.52 bits per heavy atom. The maximum Gasteiger partial charge on any atom is 0.331 e. The number of rotatable bonds is 5. The number of hydrogen-bond acceptors (Lipinski definition) is 4. The van der Waals surface area contributed by atoms with Gasteiger partial charge in [-0.15, -0.1) is 0 Å². The minimum atomic E-state index is -0.701. The molecule has 4 amide bonds. The molecule has 4 rings (SSSR count). The van der Waals surface area contributed by atoms with Crippen molar-refractivity contribution >= 4 is 51.5 Å². The van der Waals surface area contributed by atoms with Gasteiger partial charge in [-0.1, -0.05) is 52.5 Å². The number of nitrogens with one attached hydrogen (secondary N) is 1. The lowest BCUT2D eigenvalue weighted by Crippen LogP contribution is -2.57. The highest BCUT2D eigenvalue weighted by Crippen LogP contribution is 2.30. The van der Waals surface area contributed by atoms with E-state index in [2.05, 4.69) is 21.2 Å². The molecule has 1 N–H and O–H groups in total. The standard InChI is InChI=1S/C23H20BrClN2O4/c24-16-7-10-20(31-13-14-5-8-17(25)9-6-14)15(11-16)12-19-21(28)26-23(30)27(22(19)29)18-3-1-2-4-18/h5-12,18H,1-4,13H2,(H,26,28,30)/b19-12+. The molecule has 1 saturated carbocycles. The third-order valence-electron chi connectivity index (χ3n) is 5.40. The van der Waals surface area contributed by atoms with E-state index >= 15 is 0 Å². The summed E-state index contributed by atoms with van der Waals surface area (Å²) < 4.78 is 6.71. The van der Waals surface area contributed by atoms with Gasteiger partial charge in [0, 0.05) is 21.1 Å². The molecule has 2 aliphatic rings. The van der Waals surface area contributed by atoms with Gasteiger partial charge >= 0.3 is 6.03 Å². The summed E-state index contributed by atoms with van der Waals surface area (Å²) in [6.45, 7) is 0.293. The fourth-order valence-corrected chi connectivity index (χ4v) is 4.33. The lowest BCUT2D eigenvalue weighted by Gasteiger charge is -2.31. The van der Waals surface area contributed by atoms with Crippen LogP contribution in [-0.4, -0.2) is 28.8 Å². The quantitative estimate of drug-likeness (QED) is 0.456. The maximum atomic E-state index is 13.1. The van der Waals surface area contributed by atoms with Gasteiger partial charge in [-0.05, 0) is 54.8 Å². The number of hydrogen-bond donors (Lipinski definition) is 1. The van der Waals surface area contributed by atoms with Crippen molar-refractivity contribution in [3.63, 3.8) is 0 Å². The van der Waals surface area contributed by atoms with E-state index in [1.54, 1.807) is 24.3 Å². The average molecular weight is 504 g/mol. The van der Waals surface area contributed by atoms with Crippen molar-refractivity contribution in [3.05, 3.63) is 68.7 Å². The van der Waals surface area contributed by atoms with E-state index in [4.69, 9.17) is 16.3 Å². The number of urea groups is 1. The first-order chi connectivity index (χ1) is 14.9. The van der Waals surface area contributed by atoms with E-state index < -0.39 is 17.8 Å². The first-order valence-corrected chi connectivity index (χ1v) is 11.2. The molecular weight excluding hydrogens is 484 g/mol. The summed E-state index contributed by atoms with van der Waals surface area (Å²) in [5, 5.41) is 2.94. The van der Waals surface area contributed by atoms with Crippen molar-refractivity contribution in [1.29, 1.82) is 0 Å². The van der Waals surface area contributed by atoms with Crippen LogP contribution in [0.15, 0.2) is 52.5 Å². The van der Waals surface area contributed by atoms with E-state index in [0.717, 1.165) is 35.7 Å². The fraction of sp³-hybridized carbons (Fsp3) is 0.261. The van der Waals surface area contributed by atoms with E-state index in [9.17, 15) is 14.4 Å². The van der Waals surface area contributed by atoms with Crippen molar-refractivity contribution < 1.29 is 19.1 Å². The minimum Gasteiger partial charge on any atom is -0.488 e. The molecule has 2 aromatic carbocycles. The first-order valence-electron chi connectivity index (χ1n) is 10.00. The van der Waals surface area contributed by atoms with Crippen molar-refractivity contribution in [2.24, 2.45) is 0 Å². The number of carbonyl (C=O) groups is 3. The molecule has 0 atom stereocenters. The van der Waals surface area contributed by atoms with Crippen LogP contribution in [0, 0.1) is 0 Å². The number of amides is 4. The number of imide groups is 2. The minimum absolute atomic E-state index is 0.0825. The van der Waals surface area contributed by atoms with Gasteiger partial charge in [-0.2, -0.15) is 0 Å². The summed E-state index contributed by atoms with van der Waals surface area (Å²) in [5.74, 6) is -0.757. The molecule has 0 spiro atoms. The smallest absolute Gasteiger partial charge is 0.331 e. The van der Waals surface area contributed by atoms with E-state index in [1.165, 1.54) is 11.0 Å². The number of benzene rings is 2. The summed E-state index contributed by atoms with van der Waals surface area (Å²) in [6.07, 6.45) is 4.92. The third-order valence-corrected chi connectivity index (χ3v) is 6.15. The van der Waals surface area contributed by atoms with Crippen LogP contribution in [0.1, 0.15) is 36.8 Å². The van der Waals surface area contributed by atoms with Crippen molar-refractivity contribution in [3.8, 4) is 5.75 Å². The highest BCUT2D eigenvalue weighted by molar-refractivity contribution is 9.10. The SMILES string of the molecule is O=C1NC(=O)N(C2CCCC2)C(=O)/C1=C/c1cc(Br)ccc1OCc1ccc(Cl)cc1. The van der Waals surface area contributed by atoms with Crippen LogP contribution in [0.3, 0.4) is 0 Å². The average Bonchev–Trinajstić information content (AvgIpc) is 3.26. The molecule has 1 aliphatic carbocycles. The Morgan fingerprint density at radius 1 is 1.10 bits per heavy atom. The molecule has 1 aliphatic heterocycles. The lowest BCUT2D eigenvalue weighted by atomic mass is 10.0. The maximum absolute atomic E-state index is 13.1. The highest BCUT2D eigenvalue weighted by atomic mass is 79.9. The lowest BCUT2D eigenvalue weighted by molar-refractivity contribution is -0.131. The van der Waals surface area contributed by atoms with Crippen LogP contribution >= 0.6 is 27.5 Å². The monoisotopic (exact) mass is 502 g/mol. The molecule has 8 heteroatoms. The topological polar surface area (TPSA) is 75.7 Å². The van der Waals surface area contributed by atoms with Crippen molar-refractivity contribution in [2.75, 3.05) is 0 Å². The van der Waals surface area contributed by atoms with Crippen LogP contribution in [0.25, 0.3) is 6.08 Å². The Labute approximate surface area is 193 Å². The van der Waals surface area contributed by atoms with Gasteiger partial charge in [0.05, 0.1) is 0 Å². The summed E-state index contributed by atoms with van der Waals surface area (Å²) >= 11 is 9.35. The normalized spacial score (nSPS) is 18.6. The van der Waals surface area contributed by atoms with Crippen LogP contribution in [0.4, 0.5) is 4.79 Å². The fourth-order valence-electron chi connectivity index (χ4n) is 3.83. The summed E-state index contributed by atoms with van der Waals surface area (Å²) in [5.41, 5.74) is 1.40. The predicted octanol–water partition coefficient (Wildman–Crippen LogP) is 5.09. The zero-order valence-corrected chi connectivity index (χ0v) is 18.9. The molecule has 0 bridgehead atoms. The summed E-state index contributed by atoms with van der Waals surface area (Å²) in [6, 6.07) is 11.8. The van der Waals surface area contributed by atoms with Gasteiger partial charge in [-0.25, -0.2) is 4.79 Å². The number of barbiturate groups is 1. The van der Waals surface area contributed by atoms with Crippen LogP contribution in [0.2, 0.25) is 5.02 Å². The Bertz CT molecular complexity index is 1060. The summed E-state index contributed by atoms with van der Waals surface area (Å²) in [4.78, 5) is 39.0. The molecule has 0 unspecified atom stereocenters. The molecule has 2 fully saturated rings. The Morgan fingerprint density at radius 2 is 1.81 bits per heavy atom. The second-order valence-electron chi connectivity index (χ2n) is 7.53. The number of halogens is 2. The van der Waals surface area contributed by atoms with Crippen LogP contribution < -0.4 is 10.1 Å². The zero-order valence-electron chi connectivity index (χ0n) is 16.6. The van der Waals surface area contributed by atoms with Gasteiger partial charge in [-0.3, -0.25) is 19.8 Å². The van der Waals surface area contributed by atoms with Gasteiger partial charge in [0.15, 0.2) is 0 Å². The predicted molar refractivity (Wildman–Crippen MR) is 121 cm³/mol. The molecule has 0 aromatic heterocycles. The second kappa shape index (κ2) is 9.24. The molecule has 0 radical (unpaired) electrons. The molecule has 31 heavy (non-hydrogen) atoms. The van der Waals surface area contributed by atoms with Gasteiger partial charge in [0.1, 0.15) is 17.9 Å². The molecule has 160 valence electrons. The van der Waals surface area contributed by atoms with Crippen molar-refractivity contribution in [2.45, 2.75) is 38.3 Å². The van der Waals surface area contributed by atoms with Crippen LogP contribution in [-0.2, 0) is 16.2 Å². The Hall–Kier alpha value is -2.64. The van der Waals surface area contributed by atoms with Gasteiger partial charge < -0.3 is 4.74 Å². The highest BCUT2D eigenvalue weighted by Gasteiger charge is 2.40. The summed E-state index contributed by atoms with van der Waals surface area (Å²) in [7, 11) is 0. The number of ether oxygens (including phenoxy) is 1. The third kappa shape index (κ3) is 4.83. The largest absolute Gasteiger partial charge is 0.488 e. The van der Waals surface area contributed by atoms with Gasteiger partial charge in [0.2, 0.25) is 0 Å². The number of carbonyl (C=O) groups excluding carboxylic acids is 3. The van der Waals surface area contributed by atoms with E-state index in [1.807, 2.05) is 18.2 Å². The molecule has 6 nitrogen and oxygen atoms in total. The van der Waals surface area contributed by atoms with Crippen LogP contribution in [0.5, 0.6) is 5.75 Å². The van der Waals surface area contributed by atoms with E-state index in [0.29, 0.717) is 22.9 Å². The van der Waals surface area contributed by atoms with E-state index in [-0.39, 0.29) is 11.6 Å². The molecule has 1 saturated heterocycles. The number of nitrogens with zero attached hydrogens (tertiary/aromatic N) is 1. The molecule has 2 aromatic rings. The Kier molecular flexibility index (Phi) is 6.43. The molecule has 1 heterocycles. The van der Waals surface area contributed by atoms with Crippen molar-refractivity contribution in [1.82, 2.24) is 10.2 Å². The Balaban J connectivity index is 1.62. The second-order valence-corrected chi connectivity index (χ2v) is 8.88. The zero-order chi connectivity index (χ0) is 22.0. The first kappa shape index (κ1) is 21.6. The molecular formula is C23H20BrClN2O4. The van der Waals surface area contributed by atoms with Gasteiger partial charge in [0.25, 0.3) is 11.8 Å².